The molecule has 0 saturated carbocycles. The van der Waals surface area contributed by atoms with Gasteiger partial charge in [0.1, 0.15) is 0 Å². The smallest absolute Gasteiger partial charge is 0.267 e. The molecular formula is C10H12F2N2. The zero-order valence-electron chi connectivity index (χ0n) is 7.71. The van der Waals surface area contributed by atoms with Crippen LogP contribution in [0.1, 0.15) is 17.9 Å². The number of pyridine rings is 1. The first-order valence-corrected chi connectivity index (χ1v) is 4.68. The third-order valence-corrected chi connectivity index (χ3v) is 2.57. The predicted molar refractivity (Wildman–Crippen MR) is 49.4 cm³/mol. The van der Waals surface area contributed by atoms with Gasteiger partial charge < -0.3 is 5.32 Å². The van der Waals surface area contributed by atoms with Gasteiger partial charge in [0.05, 0.1) is 12.5 Å². The largest absolute Gasteiger partial charge is 0.311 e. The standard InChI is InChI=1S/C10H12F2N2/c11-10(12)7-14-5-3-9(10)8-2-1-4-13-6-8/h1-2,4,6,9,14H,3,5,7H2. The van der Waals surface area contributed by atoms with Gasteiger partial charge in [0.2, 0.25) is 0 Å². The normalized spacial score (nSPS) is 26.0. The number of alkyl halides is 2. The number of hydrogen-bond donors (Lipinski definition) is 1. The number of piperidine rings is 1. The van der Waals surface area contributed by atoms with Gasteiger partial charge in [-0.05, 0) is 24.6 Å². The van der Waals surface area contributed by atoms with Gasteiger partial charge in [-0.15, -0.1) is 0 Å². The minimum absolute atomic E-state index is 0.230. The summed E-state index contributed by atoms with van der Waals surface area (Å²) in [6.45, 7) is 0.418. The minimum atomic E-state index is -2.65. The molecule has 0 spiro atoms. The van der Waals surface area contributed by atoms with Gasteiger partial charge >= 0.3 is 0 Å². The van der Waals surface area contributed by atoms with Gasteiger partial charge in [-0.3, -0.25) is 4.98 Å². The summed E-state index contributed by atoms with van der Waals surface area (Å²) in [5.41, 5.74) is 0.638. The topological polar surface area (TPSA) is 24.9 Å². The summed E-state index contributed by atoms with van der Waals surface area (Å²) in [6, 6.07) is 3.42. The molecule has 14 heavy (non-hydrogen) atoms. The lowest BCUT2D eigenvalue weighted by molar-refractivity contribution is -0.0421. The van der Waals surface area contributed by atoms with Crippen molar-refractivity contribution < 1.29 is 8.78 Å². The highest BCUT2D eigenvalue weighted by Crippen LogP contribution is 2.37. The highest BCUT2D eigenvalue weighted by Gasteiger charge is 2.42. The van der Waals surface area contributed by atoms with Gasteiger partial charge in [0.15, 0.2) is 0 Å². The van der Waals surface area contributed by atoms with Crippen molar-refractivity contribution in [1.82, 2.24) is 10.3 Å². The predicted octanol–water partition coefficient (Wildman–Crippen LogP) is 1.79. The molecule has 1 saturated heterocycles. The fourth-order valence-corrected chi connectivity index (χ4v) is 1.83. The van der Waals surface area contributed by atoms with Crippen LogP contribution >= 0.6 is 0 Å². The van der Waals surface area contributed by atoms with Gasteiger partial charge in [0.25, 0.3) is 5.92 Å². The van der Waals surface area contributed by atoms with E-state index in [-0.39, 0.29) is 6.54 Å². The molecule has 1 N–H and O–H groups in total. The summed E-state index contributed by atoms with van der Waals surface area (Å²) in [5.74, 6) is -3.33. The van der Waals surface area contributed by atoms with Crippen molar-refractivity contribution in [2.24, 2.45) is 0 Å². The maximum Gasteiger partial charge on any atom is 0.267 e. The van der Waals surface area contributed by atoms with Crippen LogP contribution in [0, 0.1) is 0 Å². The molecule has 1 aliphatic heterocycles. The molecule has 0 amide bonds. The van der Waals surface area contributed by atoms with Crippen LogP contribution in [0.25, 0.3) is 0 Å². The van der Waals surface area contributed by atoms with E-state index in [0.29, 0.717) is 18.5 Å². The number of rotatable bonds is 1. The van der Waals surface area contributed by atoms with Crippen LogP contribution in [0.4, 0.5) is 8.78 Å². The second-order valence-corrected chi connectivity index (χ2v) is 3.57. The fraction of sp³-hybridized carbons (Fsp3) is 0.500. The van der Waals surface area contributed by atoms with Crippen molar-refractivity contribution in [1.29, 1.82) is 0 Å². The summed E-state index contributed by atoms with van der Waals surface area (Å²) >= 11 is 0. The molecule has 1 fully saturated rings. The highest BCUT2D eigenvalue weighted by atomic mass is 19.3. The quantitative estimate of drug-likeness (QED) is 0.744. The monoisotopic (exact) mass is 198 g/mol. The zero-order valence-corrected chi connectivity index (χ0v) is 7.71. The summed E-state index contributed by atoms with van der Waals surface area (Å²) in [5, 5.41) is 2.70. The third-order valence-electron chi connectivity index (χ3n) is 2.57. The second kappa shape index (κ2) is 3.61. The fourth-order valence-electron chi connectivity index (χ4n) is 1.83. The Bertz CT molecular complexity index is 300. The number of halogens is 2. The van der Waals surface area contributed by atoms with Gasteiger partial charge in [-0.25, -0.2) is 8.78 Å². The van der Waals surface area contributed by atoms with E-state index in [9.17, 15) is 8.78 Å². The molecule has 4 heteroatoms. The number of nitrogens with zero attached hydrogens (tertiary/aromatic N) is 1. The molecule has 1 aromatic rings. The molecule has 2 nitrogen and oxygen atoms in total. The number of aromatic nitrogens is 1. The Morgan fingerprint density at radius 1 is 1.50 bits per heavy atom. The molecule has 76 valence electrons. The molecule has 0 aliphatic carbocycles. The Hall–Kier alpha value is -1.03. The van der Waals surface area contributed by atoms with Crippen LogP contribution in [0.3, 0.4) is 0 Å². The van der Waals surface area contributed by atoms with Crippen molar-refractivity contribution in [2.75, 3.05) is 13.1 Å². The molecular weight excluding hydrogens is 186 g/mol. The van der Waals surface area contributed by atoms with Crippen LogP contribution in [0.5, 0.6) is 0 Å². The molecule has 0 radical (unpaired) electrons. The molecule has 0 bridgehead atoms. The Morgan fingerprint density at radius 2 is 2.36 bits per heavy atom. The maximum absolute atomic E-state index is 13.5. The van der Waals surface area contributed by atoms with E-state index in [4.69, 9.17) is 0 Å². The van der Waals surface area contributed by atoms with Crippen LogP contribution in [0.2, 0.25) is 0 Å². The lowest BCUT2D eigenvalue weighted by Gasteiger charge is -2.31. The average Bonchev–Trinajstić information content (AvgIpc) is 2.18. The van der Waals surface area contributed by atoms with Crippen molar-refractivity contribution in [3.63, 3.8) is 0 Å². The molecule has 1 atom stereocenters. The van der Waals surface area contributed by atoms with Crippen molar-refractivity contribution in [3.05, 3.63) is 30.1 Å². The second-order valence-electron chi connectivity index (χ2n) is 3.57. The molecule has 1 aromatic heterocycles. The van der Waals surface area contributed by atoms with E-state index in [0.717, 1.165) is 0 Å². The number of nitrogens with one attached hydrogen (secondary N) is 1. The van der Waals surface area contributed by atoms with E-state index in [1.54, 1.807) is 18.3 Å². The summed E-state index contributed by atoms with van der Waals surface area (Å²) in [6.07, 6.45) is 3.60. The van der Waals surface area contributed by atoms with E-state index >= 15 is 0 Å². The van der Waals surface area contributed by atoms with Crippen LogP contribution < -0.4 is 5.32 Å². The molecule has 2 heterocycles. The van der Waals surface area contributed by atoms with E-state index in [2.05, 4.69) is 10.3 Å². The van der Waals surface area contributed by atoms with Gasteiger partial charge in [-0.1, -0.05) is 6.07 Å². The van der Waals surface area contributed by atoms with Crippen molar-refractivity contribution in [2.45, 2.75) is 18.3 Å². The Labute approximate surface area is 81.4 Å². The van der Waals surface area contributed by atoms with Crippen molar-refractivity contribution in [3.8, 4) is 0 Å². The maximum atomic E-state index is 13.5. The van der Waals surface area contributed by atoms with Crippen LogP contribution in [0.15, 0.2) is 24.5 Å². The van der Waals surface area contributed by atoms with E-state index in [1.807, 2.05) is 0 Å². The Balaban J connectivity index is 2.24. The van der Waals surface area contributed by atoms with Gasteiger partial charge in [-0.2, -0.15) is 0 Å². The van der Waals surface area contributed by atoms with Crippen LogP contribution in [-0.4, -0.2) is 24.0 Å². The molecule has 2 rings (SSSR count). The van der Waals surface area contributed by atoms with Gasteiger partial charge in [0, 0.05) is 12.4 Å². The summed E-state index contributed by atoms with van der Waals surface area (Å²) in [7, 11) is 0. The van der Waals surface area contributed by atoms with Crippen molar-refractivity contribution >= 4 is 0 Å². The first-order chi connectivity index (χ1) is 6.70. The Morgan fingerprint density at radius 3 is 3.00 bits per heavy atom. The summed E-state index contributed by atoms with van der Waals surface area (Å²) < 4.78 is 26.9. The SMILES string of the molecule is FC1(F)CNCCC1c1cccnc1. The first-order valence-electron chi connectivity index (χ1n) is 4.68. The lowest BCUT2D eigenvalue weighted by Crippen LogP contribution is -2.44. The van der Waals surface area contributed by atoms with Crippen LogP contribution in [-0.2, 0) is 0 Å². The number of hydrogen-bond acceptors (Lipinski definition) is 2. The average molecular weight is 198 g/mol. The van der Waals surface area contributed by atoms with E-state index in [1.165, 1.54) is 6.20 Å². The molecule has 1 aliphatic rings. The molecule has 1 unspecified atom stereocenters. The third kappa shape index (κ3) is 1.75. The first kappa shape index (κ1) is 9.52. The Kier molecular flexibility index (Phi) is 2.46. The van der Waals surface area contributed by atoms with E-state index < -0.39 is 11.8 Å². The molecule has 0 aromatic carbocycles. The summed E-state index contributed by atoms with van der Waals surface area (Å²) in [4.78, 5) is 3.87. The lowest BCUT2D eigenvalue weighted by atomic mass is 9.88. The highest BCUT2D eigenvalue weighted by molar-refractivity contribution is 5.19. The minimum Gasteiger partial charge on any atom is -0.311 e. The zero-order chi connectivity index (χ0) is 10.0.